The molecular weight excluding hydrogens is 324 g/mol. The summed E-state index contributed by atoms with van der Waals surface area (Å²) >= 11 is 1.30. The Morgan fingerprint density at radius 2 is 1.75 bits per heavy atom. The van der Waals surface area contributed by atoms with Gasteiger partial charge in [-0.05, 0) is 25.7 Å². The molecule has 0 bridgehead atoms. The van der Waals surface area contributed by atoms with Gasteiger partial charge in [-0.25, -0.2) is 4.79 Å². The molecule has 2 aliphatic carbocycles. The normalized spacial score (nSPS) is 21.0. The Morgan fingerprint density at radius 3 is 2.38 bits per heavy atom. The van der Waals surface area contributed by atoms with Gasteiger partial charge in [0.2, 0.25) is 0 Å². The lowest BCUT2D eigenvalue weighted by atomic mass is 9.95. The molecule has 3 rings (SSSR count). The molecule has 24 heavy (non-hydrogen) atoms. The Morgan fingerprint density at radius 1 is 1.12 bits per heavy atom. The van der Waals surface area contributed by atoms with Gasteiger partial charge in [0.25, 0.3) is 5.56 Å². The van der Waals surface area contributed by atoms with Crippen LogP contribution in [0.3, 0.4) is 0 Å². The van der Waals surface area contributed by atoms with Crippen molar-refractivity contribution in [3.05, 3.63) is 26.1 Å². The summed E-state index contributed by atoms with van der Waals surface area (Å²) in [5.74, 6) is -0.451. The van der Waals surface area contributed by atoms with Crippen LogP contribution in [-0.2, 0) is 4.74 Å². The number of rotatable bonds is 3. The molecule has 132 valence electrons. The SMILES string of the molecule is COC(=O)c1cc(=O)n(C2CCCCC2)c(=NC2CCCCC2)s1. The Bertz CT molecular complexity index is 695. The van der Waals surface area contributed by atoms with E-state index in [4.69, 9.17) is 9.73 Å². The molecule has 1 aromatic rings. The van der Waals surface area contributed by atoms with Crippen molar-refractivity contribution in [1.82, 2.24) is 4.57 Å². The van der Waals surface area contributed by atoms with E-state index in [9.17, 15) is 9.59 Å². The fourth-order valence-electron chi connectivity index (χ4n) is 3.78. The zero-order valence-electron chi connectivity index (χ0n) is 14.3. The fraction of sp³-hybridized carbons (Fsp3) is 0.722. The minimum Gasteiger partial charge on any atom is -0.465 e. The van der Waals surface area contributed by atoms with Gasteiger partial charge in [-0.15, -0.1) is 0 Å². The molecule has 0 N–H and O–H groups in total. The van der Waals surface area contributed by atoms with Gasteiger partial charge in [0.05, 0.1) is 13.2 Å². The Hall–Kier alpha value is -1.43. The summed E-state index contributed by atoms with van der Waals surface area (Å²) < 4.78 is 6.66. The maximum Gasteiger partial charge on any atom is 0.348 e. The van der Waals surface area contributed by atoms with Crippen molar-refractivity contribution < 1.29 is 9.53 Å². The lowest BCUT2D eigenvalue weighted by Gasteiger charge is -2.25. The summed E-state index contributed by atoms with van der Waals surface area (Å²) in [6.07, 6.45) is 11.4. The molecular formula is C18H26N2O3S. The van der Waals surface area contributed by atoms with Crippen LogP contribution in [0.2, 0.25) is 0 Å². The second-order valence-corrected chi connectivity index (χ2v) is 7.81. The molecule has 2 saturated carbocycles. The van der Waals surface area contributed by atoms with E-state index in [1.807, 2.05) is 4.57 Å². The van der Waals surface area contributed by atoms with E-state index < -0.39 is 5.97 Å². The number of hydrogen-bond acceptors (Lipinski definition) is 5. The van der Waals surface area contributed by atoms with E-state index >= 15 is 0 Å². The van der Waals surface area contributed by atoms with Gasteiger partial charge >= 0.3 is 5.97 Å². The van der Waals surface area contributed by atoms with Crippen LogP contribution < -0.4 is 10.4 Å². The van der Waals surface area contributed by atoms with E-state index in [0.717, 1.165) is 38.5 Å². The quantitative estimate of drug-likeness (QED) is 0.785. The molecule has 0 aromatic carbocycles. The lowest BCUT2D eigenvalue weighted by molar-refractivity contribution is 0.0605. The van der Waals surface area contributed by atoms with Crippen molar-refractivity contribution in [2.24, 2.45) is 4.99 Å². The van der Waals surface area contributed by atoms with E-state index in [2.05, 4.69) is 0 Å². The highest BCUT2D eigenvalue weighted by molar-refractivity contribution is 7.11. The Labute approximate surface area is 146 Å². The molecule has 0 spiro atoms. The van der Waals surface area contributed by atoms with Gasteiger partial charge in [0.15, 0.2) is 4.80 Å². The second-order valence-electron chi connectivity index (χ2n) is 6.81. The van der Waals surface area contributed by atoms with E-state index in [-0.39, 0.29) is 17.6 Å². The van der Waals surface area contributed by atoms with Gasteiger partial charge in [0, 0.05) is 12.1 Å². The van der Waals surface area contributed by atoms with E-state index in [1.54, 1.807) is 0 Å². The standard InChI is InChI=1S/C18H26N2O3S/c1-23-17(22)15-12-16(21)20(14-10-6-3-7-11-14)18(24-15)19-13-8-4-2-5-9-13/h12-14H,2-11H2,1H3. The van der Waals surface area contributed by atoms with Gasteiger partial charge in [-0.2, -0.15) is 0 Å². The highest BCUT2D eigenvalue weighted by Gasteiger charge is 2.21. The summed E-state index contributed by atoms with van der Waals surface area (Å²) in [6, 6.07) is 1.92. The lowest BCUT2D eigenvalue weighted by Crippen LogP contribution is -2.37. The molecule has 1 aromatic heterocycles. The first-order chi connectivity index (χ1) is 11.7. The van der Waals surface area contributed by atoms with Gasteiger partial charge < -0.3 is 4.74 Å². The van der Waals surface area contributed by atoms with Crippen LogP contribution in [-0.4, -0.2) is 23.7 Å². The van der Waals surface area contributed by atoms with Crippen LogP contribution in [0, 0.1) is 0 Å². The number of esters is 1. The molecule has 6 heteroatoms. The maximum absolute atomic E-state index is 12.7. The van der Waals surface area contributed by atoms with E-state index in [1.165, 1.54) is 50.2 Å². The summed E-state index contributed by atoms with van der Waals surface area (Å²) in [6.45, 7) is 0. The van der Waals surface area contributed by atoms with Crippen LogP contribution in [0.5, 0.6) is 0 Å². The van der Waals surface area contributed by atoms with Crippen LogP contribution in [0.25, 0.3) is 0 Å². The first-order valence-electron chi connectivity index (χ1n) is 9.08. The number of aromatic nitrogens is 1. The molecule has 0 saturated heterocycles. The zero-order chi connectivity index (χ0) is 16.9. The average molecular weight is 350 g/mol. The molecule has 5 nitrogen and oxygen atoms in total. The van der Waals surface area contributed by atoms with Gasteiger partial charge in [-0.1, -0.05) is 49.9 Å². The first-order valence-corrected chi connectivity index (χ1v) is 9.89. The molecule has 0 amide bonds. The third kappa shape index (κ3) is 3.97. The van der Waals surface area contributed by atoms with Crippen molar-refractivity contribution >= 4 is 17.3 Å². The summed E-state index contributed by atoms with van der Waals surface area (Å²) in [5, 5.41) is 0. The molecule has 2 fully saturated rings. The monoisotopic (exact) mass is 350 g/mol. The summed E-state index contributed by atoms with van der Waals surface area (Å²) in [5.41, 5.74) is -0.115. The van der Waals surface area contributed by atoms with Crippen LogP contribution >= 0.6 is 11.3 Å². The number of nitrogens with zero attached hydrogens (tertiary/aromatic N) is 2. The zero-order valence-corrected chi connectivity index (χ0v) is 15.1. The minimum absolute atomic E-state index is 0.115. The topological polar surface area (TPSA) is 60.7 Å². The molecule has 0 radical (unpaired) electrons. The highest BCUT2D eigenvalue weighted by Crippen LogP contribution is 2.26. The van der Waals surface area contributed by atoms with Crippen molar-refractivity contribution in [3.63, 3.8) is 0 Å². The largest absolute Gasteiger partial charge is 0.465 e. The fourth-order valence-corrected chi connectivity index (χ4v) is 4.85. The predicted octanol–water partition coefficient (Wildman–Crippen LogP) is 3.44. The molecule has 0 atom stereocenters. The van der Waals surface area contributed by atoms with Gasteiger partial charge in [-0.3, -0.25) is 14.4 Å². The predicted molar refractivity (Wildman–Crippen MR) is 94.5 cm³/mol. The third-order valence-electron chi connectivity index (χ3n) is 5.09. The Balaban J connectivity index is 2.06. The van der Waals surface area contributed by atoms with Crippen molar-refractivity contribution in [3.8, 4) is 0 Å². The number of hydrogen-bond donors (Lipinski definition) is 0. The number of carbonyl (C=O) groups excluding carboxylic acids is 1. The van der Waals surface area contributed by atoms with Crippen LogP contribution in [0.1, 0.15) is 79.9 Å². The average Bonchev–Trinajstić information content (AvgIpc) is 2.62. The number of methoxy groups -OCH3 is 1. The van der Waals surface area contributed by atoms with Crippen LogP contribution in [0.4, 0.5) is 0 Å². The number of carbonyl (C=O) groups is 1. The first kappa shape index (κ1) is 17.4. The minimum atomic E-state index is -0.451. The summed E-state index contributed by atoms with van der Waals surface area (Å²) in [4.78, 5) is 30.6. The van der Waals surface area contributed by atoms with Crippen molar-refractivity contribution in [2.45, 2.75) is 76.3 Å². The maximum atomic E-state index is 12.7. The van der Waals surface area contributed by atoms with Crippen molar-refractivity contribution in [2.75, 3.05) is 7.11 Å². The van der Waals surface area contributed by atoms with Crippen molar-refractivity contribution in [1.29, 1.82) is 0 Å². The highest BCUT2D eigenvalue weighted by atomic mass is 32.1. The molecule has 0 aliphatic heterocycles. The van der Waals surface area contributed by atoms with Crippen LogP contribution in [0.15, 0.2) is 15.9 Å². The Kier molecular flexibility index (Phi) is 5.87. The smallest absolute Gasteiger partial charge is 0.348 e. The van der Waals surface area contributed by atoms with Gasteiger partial charge in [0.1, 0.15) is 4.88 Å². The number of ether oxygens (including phenoxy) is 1. The molecule has 2 aliphatic rings. The molecule has 1 heterocycles. The van der Waals surface area contributed by atoms with E-state index in [0.29, 0.717) is 9.68 Å². The third-order valence-corrected chi connectivity index (χ3v) is 6.08. The second kappa shape index (κ2) is 8.10. The summed E-state index contributed by atoms with van der Waals surface area (Å²) in [7, 11) is 1.35. The molecule has 0 unspecified atom stereocenters.